The predicted octanol–water partition coefficient (Wildman–Crippen LogP) is 2.85. The summed E-state index contributed by atoms with van der Waals surface area (Å²) < 4.78 is 7.18. The minimum Gasteiger partial charge on any atom is -0.497 e. The van der Waals surface area contributed by atoms with Gasteiger partial charge < -0.3 is 9.30 Å². The summed E-state index contributed by atoms with van der Waals surface area (Å²) in [6.45, 7) is 2.61. The van der Waals surface area contributed by atoms with E-state index < -0.39 is 0 Å². The highest BCUT2D eigenvalue weighted by atomic mass is 35.5. The van der Waals surface area contributed by atoms with Gasteiger partial charge in [-0.1, -0.05) is 23.7 Å². The minimum absolute atomic E-state index is 0.381. The highest BCUT2D eigenvalue weighted by Crippen LogP contribution is 2.21. The summed E-state index contributed by atoms with van der Waals surface area (Å²) in [6, 6.07) is 7.91. The average molecular weight is 289 g/mol. The second kappa shape index (κ2) is 5.09. The Bertz CT molecular complexity index is 752. The Morgan fingerprint density at radius 1 is 1.20 bits per heavy atom. The molecule has 1 aromatic carbocycles. The normalized spacial score (nSPS) is 10.9. The van der Waals surface area contributed by atoms with Gasteiger partial charge in [0.2, 0.25) is 0 Å². The van der Waals surface area contributed by atoms with Gasteiger partial charge in [0.25, 0.3) is 0 Å². The molecule has 20 heavy (non-hydrogen) atoms. The van der Waals surface area contributed by atoms with E-state index in [1.54, 1.807) is 7.11 Å². The van der Waals surface area contributed by atoms with Crippen molar-refractivity contribution in [2.24, 2.45) is 0 Å². The molecule has 0 aliphatic carbocycles. The number of hydrogen-bond donors (Lipinski definition) is 0. The van der Waals surface area contributed by atoms with Crippen LogP contribution in [0.2, 0.25) is 5.15 Å². The predicted molar refractivity (Wildman–Crippen MR) is 77.2 cm³/mol. The van der Waals surface area contributed by atoms with Crippen molar-refractivity contribution in [1.29, 1.82) is 0 Å². The monoisotopic (exact) mass is 288 g/mol. The van der Waals surface area contributed by atoms with E-state index in [0.29, 0.717) is 17.2 Å². The third kappa shape index (κ3) is 2.20. The zero-order valence-electron chi connectivity index (χ0n) is 11.2. The molecule has 3 aromatic rings. The molecular weight excluding hydrogens is 276 g/mol. The number of nitrogens with zero attached hydrogens (tertiary/aromatic N) is 4. The second-order valence-electron chi connectivity index (χ2n) is 4.43. The van der Waals surface area contributed by atoms with Crippen LogP contribution in [0.15, 0.2) is 30.6 Å². The SMILES string of the molecule is COc1ccc(Cn2c(C)nc3c(Cl)ncnc32)cc1. The van der Waals surface area contributed by atoms with Crippen LogP contribution in [0.25, 0.3) is 11.2 Å². The first-order valence-electron chi connectivity index (χ1n) is 6.15. The van der Waals surface area contributed by atoms with Crippen LogP contribution in [-0.2, 0) is 6.54 Å². The summed E-state index contributed by atoms with van der Waals surface area (Å²) >= 11 is 6.04. The zero-order valence-corrected chi connectivity index (χ0v) is 11.9. The van der Waals surface area contributed by atoms with Gasteiger partial charge in [-0.2, -0.15) is 0 Å². The quantitative estimate of drug-likeness (QED) is 0.696. The lowest BCUT2D eigenvalue weighted by molar-refractivity contribution is 0.414. The van der Waals surface area contributed by atoms with Crippen LogP contribution < -0.4 is 4.74 Å². The Hall–Kier alpha value is -2.14. The molecule has 0 atom stereocenters. The van der Waals surface area contributed by atoms with Gasteiger partial charge in [0.05, 0.1) is 13.7 Å². The molecule has 2 aromatic heterocycles. The topological polar surface area (TPSA) is 52.8 Å². The van der Waals surface area contributed by atoms with Crippen LogP contribution >= 0.6 is 11.6 Å². The highest BCUT2D eigenvalue weighted by Gasteiger charge is 2.12. The molecule has 0 bridgehead atoms. The molecule has 0 spiro atoms. The number of aromatic nitrogens is 4. The summed E-state index contributed by atoms with van der Waals surface area (Å²) in [5.41, 5.74) is 2.53. The molecule has 0 radical (unpaired) electrons. The summed E-state index contributed by atoms with van der Waals surface area (Å²) in [5.74, 6) is 1.70. The maximum absolute atomic E-state index is 6.04. The average Bonchev–Trinajstić information content (AvgIpc) is 2.78. The number of hydrogen-bond acceptors (Lipinski definition) is 4. The molecule has 6 heteroatoms. The molecule has 0 N–H and O–H groups in total. The van der Waals surface area contributed by atoms with Crippen molar-refractivity contribution in [3.05, 3.63) is 47.1 Å². The minimum atomic E-state index is 0.381. The first-order valence-corrected chi connectivity index (χ1v) is 6.53. The maximum Gasteiger partial charge on any atom is 0.165 e. The third-order valence-electron chi connectivity index (χ3n) is 3.18. The van der Waals surface area contributed by atoms with Crippen LogP contribution in [0.5, 0.6) is 5.75 Å². The van der Waals surface area contributed by atoms with E-state index in [9.17, 15) is 0 Å². The Morgan fingerprint density at radius 2 is 1.95 bits per heavy atom. The van der Waals surface area contributed by atoms with Gasteiger partial charge in [-0.05, 0) is 24.6 Å². The van der Waals surface area contributed by atoms with E-state index in [1.165, 1.54) is 6.33 Å². The van der Waals surface area contributed by atoms with Crippen molar-refractivity contribution in [2.45, 2.75) is 13.5 Å². The van der Waals surface area contributed by atoms with Crippen LogP contribution in [-0.4, -0.2) is 26.6 Å². The van der Waals surface area contributed by atoms with Crippen molar-refractivity contribution in [3.63, 3.8) is 0 Å². The molecule has 3 rings (SSSR count). The first-order chi connectivity index (χ1) is 9.69. The van der Waals surface area contributed by atoms with Crippen molar-refractivity contribution in [1.82, 2.24) is 19.5 Å². The molecule has 0 aliphatic rings. The van der Waals surface area contributed by atoms with Crippen LogP contribution in [0.1, 0.15) is 11.4 Å². The Morgan fingerprint density at radius 3 is 2.65 bits per heavy atom. The fourth-order valence-corrected chi connectivity index (χ4v) is 2.29. The number of aryl methyl sites for hydroxylation is 1. The fraction of sp³-hybridized carbons (Fsp3) is 0.214. The smallest absolute Gasteiger partial charge is 0.165 e. The highest BCUT2D eigenvalue weighted by molar-refractivity contribution is 6.33. The lowest BCUT2D eigenvalue weighted by atomic mass is 10.2. The van der Waals surface area contributed by atoms with Crippen LogP contribution in [0.4, 0.5) is 0 Å². The van der Waals surface area contributed by atoms with E-state index in [1.807, 2.05) is 35.8 Å². The van der Waals surface area contributed by atoms with E-state index in [4.69, 9.17) is 16.3 Å². The van der Waals surface area contributed by atoms with Gasteiger partial charge in [-0.25, -0.2) is 15.0 Å². The van der Waals surface area contributed by atoms with E-state index in [2.05, 4.69) is 15.0 Å². The number of ether oxygens (including phenoxy) is 1. The number of fused-ring (bicyclic) bond motifs is 1. The van der Waals surface area contributed by atoms with Gasteiger partial charge in [0.15, 0.2) is 10.8 Å². The Labute approximate surface area is 121 Å². The number of imidazole rings is 1. The fourth-order valence-electron chi connectivity index (χ4n) is 2.12. The molecule has 0 saturated carbocycles. The molecule has 102 valence electrons. The molecule has 0 fully saturated rings. The summed E-state index contributed by atoms with van der Waals surface area (Å²) in [5, 5.41) is 0.381. The molecule has 0 unspecified atom stereocenters. The number of halogens is 1. The number of rotatable bonds is 3. The number of benzene rings is 1. The van der Waals surface area contributed by atoms with Crippen LogP contribution in [0, 0.1) is 6.92 Å². The van der Waals surface area contributed by atoms with Crippen LogP contribution in [0.3, 0.4) is 0 Å². The summed E-state index contributed by atoms with van der Waals surface area (Å²) in [7, 11) is 1.65. The van der Waals surface area contributed by atoms with Crippen molar-refractivity contribution < 1.29 is 4.74 Å². The van der Waals surface area contributed by atoms with Gasteiger partial charge in [-0.15, -0.1) is 0 Å². The van der Waals surface area contributed by atoms with E-state index >= 15 is 0 Å². The van der Waals surface area contributed by atoms with Gasteiger partial charge in [0, 0.05) is 0 Å². The molecular formula is C14H13ClN4O. The van der Waals surface area contributed by atoms with Gasteiger partial charge in [-0.3, -0.25) is 0 Å². The molecule has 0 saturated heterocycles. The summed E-state index contributed by atoms with van der Waals surface area (Å²) in [4.78, 5) is 12.7. The maximum atomic E-state index is 6.04. The van der Waals surface area contributed by atoms with E-state index in [0.717, 1.165) is 22.8 Å². The third-order valence-corrected chi connectivity index (χ3v) is 3.45. The van der Waals surface area contributed by atoms with E-state index in [-0.39, 0.29) is 0 Å². The van der Waals surface area contributed by atoms with Gasteiger partial charge in [0.1, 0.15) is 23.4 Å². The van der Waals surface area contributed by atoms with Gasteiger partial charge >= 0.3 is 0 Å². The van der Waals surface area contributed by atoms with Crippen molar-refractivity contribution >= 4 is 22.8 Å². The Balaban J connectivity index is 2.01. The van der Waals surface area contributed by atoms with Crippen molar-refractivity contribution in [3.8, 4) is 5.75 Å². The molecule has 2 heterocycles. The zero-order chi connectivity index (χ0) is 14.1. The standard InChI is InChI=1S/C14H13ClN4O/c1-9-18-12-13(15)16-8-17-14(12)19(9)7-10-3-5-11(20-2)6-4-10/h3-6,8H,7H2,1-2H3. The molecule has 5 nitrogen and oxygen atoms in total. The lowest BCUT2D eigenvalue weighted by Crippen LogP contribution is -2.03. The number of methoxy groups -OCH3 is 1. The van der Waals surface area contributed by atoms with Crippen molar-refractivity contribution in [2.75, 3.05) is 7.11 Å². The second-order valence-corrected chi connectivity index (χ2v) is 4.79. The molecule has 0 amide bonds. The first kappa shape index (κ1) is 12.9. The summed E-state index contributed by atoms with van der Waals surface area (Å²) in [6.07, 6.45) is 1.45. The molecule has 0 aliphatic heterocycles. The largest absolute Gasteiger partial charge is 0.497 e. The lowest BCUT2D eigenvalue weighted by Gasteiger charge is -2.07. The Kier molecular flexibility index (Phi) is 3.28.